The van der Waals surface area contributed by atoms with Gasteiger partial charge >= 0.3 is 5.97 Å². The van der Waals surface area contributed by atoms with Crippen molar-refractivity contribution in [3.05, 3.63) is 48.0 Å². The Morgan fingerprint density at radius 2 is 1.80 bits per heavy atom. The number of rotatable bonds is 14. The van der Waals surface area contributed by atoms with Crippen molar-refractivity contribution in [1.82, 2.24) is 0 Å². The van der Waals surface area contributed by atoms with E-state index in [4.69, 9.17) is 14.2 Å². The molecular weight excluding hydrogens is 468 g/mol. The van der Waals surface area contributed by atoms with Crippen LogP contribution >= 0.6 is 0 Å². The van der Waals surface area contributed by atoms with Gasteiger partial charge in [-0.1, -0.05) is 25.5 Å². The lowest BCUT2D eigenvalue weighted by atomic mass is 10.1. The Kier molecular flexibility index (Phi) is 9.83. The molecule has 0 saturated heterocycles. The van der Waals surface area contributed by atoms with Crippen LogP contribution in [-0.2, 0) is 21.1 Å². The third kappa shape index (κ3) is 7.62. The van der Waals surface area contributed by atoms with Crippen molar-refractivity contribution < 1.29 is 32.5 Å². The molecule has 1 aliphatic rings. The van der Waals surface area contributed by atoms with Crippen molar-refractivity contribution in [1.29, 1.82) is 0 Å². The highest BCUT2D eigenvalue weighted by atomic mass is 32.2. The SMILES string of the molecule is CCCCOc1ccc(CCC(CC(=O)O)S(=O)(=O)c2ccc(OC)c(OC3CCCC3)c2)cc1. The molecule has 8 heteroatoms. The van der Waals surface area contributed by atoms with Gasteiger partial charge in [0.25, 0.3) is 0 Å². The Bertz CT molecular complexity index is 1060. The number of aliphatic carboxylic acids is 1. The minimum absolute atomic E-state index is 0.0330. The maximum atomic E-state index is 13.5. The molecule has 1 aliphatic carbocycles. The minimum atomic E-state index is -3.91. The quantitative estimate of drug-likeness (QED) is 0.342. The number of carboxylic acids is 1. The molecule has 0 bridgehead atoms. The molecule has 2 aromatic carbocycles. The van der Waals surface area contributed by atoms with E-state index in [0.717, 1.165) is 49.8 Å². The third-order valence-electron chi connectivity index (χ3n) is 6.35. The first-order valence-corrected chi connectivity index (χ1v) is 13.9. The van der Waals surface area contributed by atoms with Crippen molar-refractivity contribution in [2.75, 3.05) is 13.7 Å². The van der Waals surface area contributed by atoms with E-state index in [1.54, 1.807) is 6.07 Å². The van der Waals surface area contributed by atoms with Crippen LogP contribution in [0.3, 0.4) is 0 Å². The van der Waals surface area contributed by atoms with E-state index in [9.17, 15) is 18.3 Å². The first kappa shape index (κ1) is 26.9. The minimum Gasteiger partial charge on any atom is -0.494 e. The van der Waals surface area contributed by atoms with Crippen molar-refractivity contribution in [3.63, 3.8) is 0 Å². The van der Waals surface area contributed by atoms with Gasteiger partial charge in [0.2, 0.25) is 0 Å². The van der Waals surface area contributed by atoms with Crippen LogP contribution in [0.4, 0.5) is 0 Å². The fraction of sp³-hybridized carbons (Fsp3) is 0.519. The highest BCUT2D eigenvalue weighted by Crippen LogP contribution is 2.35. The molecular formula is C27H36O7S. The molecule has 0 aliphatic heterocycles. The number of methoxy groups -OCH3 is 1. The van der Waals surface area contributed by atoms with Gasteiger partial charge in [-0.05, 0) is 74.8 Å². The second-order valence-electron chi connectivity index (χ2n) is 8.99. The number of unbranched alkanes of at least 4 members (excludes halogenated alkanes) is 1. The molecule has 1 N–H and O–H groups in total. The summed E-state index contributed by atoms with van der Waals surface area (Å²) in [6.07, 6.45) is 6.23. The van der Waals surface area contributed by atoms with Gasteiger partial charge in [0, 0.05) is 6.07 Å². The van der Waals surface area contributed by atoms with Crippen LogP contribution in [0.25, 0.3) is 0 Å². The fourth-order valence-electron chi connectivity index (χ4n) is 4.28. The predicted molar refractivity (Wildman–Crippen MR) is 134 cm³/mol. The van der Waals surface area contributed by atoms with Crippen molar-refractivity contribution in [2.24, 2.45) is 0 Å². The topological polar surface area (TPSA) is 99.1 Å². The number of hydrogen-bond acceptors (Lipinski definition) is 6. The molecule has 1 unspecified atom stereocenters. The lowest BCUT2D eigenvalue weighted by Gasteiger charge is -2.19. The number of sulfone groups is 1. The number of carboxylic acid groups (broad SMARTS) is 1. The molecule has 0 aromatic heterocycles. The summed E-state index contributed by atoms with van der Waals surface area (Å²) in [5, 5.41) is 8.37. The van der Waals surface area contributed by atoms with Crippen molar-refractivity contribution in [3.8, 4) is 17.2 Å². The van der Waals surface area contributed by atoms with Gasteiger partial charge in [-0.15, -0.1) is 0 Å². The summed E-state index contributed by atoms with van der Waals surface area (Å²) in [5.41, 5.74) is 0.929. The summed E-state index contributed by atoms with van der Waals surface area (Å²) >= 11 is 0. The van der Waals surface area contributed by atoms with Crippen molar-refractivity contribution >= 4 is 15.8 Å². The molecule has 35 heavy (non-hydrogen) atoms. The molecule has 0 heterocycles. The van der Waals surface area contributed by atoms with E-state index in [-0.39, 0.29) is 17.4 Å². The third-order valence-corrected chi connectivity index (χ3v) is 8.54. The Labute approximate surface area is 208 Å². The zero-order valence-corrected chi connectivity index (χ0v) is 21.4. The molecule has 1 atom stereocenters. The van der Waals surface area contributed by atoms with E-state index in [1.807, 2.05) is 24.3 Å². The van der Waals surface area contributed by atoms with E-state index in [1.165, 1.54) is 19.2 Å². The van der Waals surface area contributed by atoms with Gasteiger partial charge < -0.3 is 19.3 Å². The Morgan fingerprint density at radius 3 is 2.43 bits per heavy atom. The van der Waals surface area contributed by atoms with E-state index in [2.05, 4.69) is 6.92 Å². The summed E-state index contributed by atoms with van der Waals surface area (Å²) < 4.78 is 44.1. The Balaban J connectivity index is 1.75. The van der Waals surface area contributed by atoms with Crippen LogP contribution in [0.5, 0.6) is 17.2 Å². The number of hydrogen-bond donors (Lipinski definition) is 1. The lowest BCUT2D eigenvalue weighted by molar-refractivity contribution is -0.137. The van der Waals surface area contributed by atoms with Gasteiger partial charge in [-0.3, -0.25) is 4.79 Å². The second kappa shape index (κ2) is 12.8. The predicted octanol–water partition coefficient (Wildman–Crippen LogP) is 5.45. The molecule has 0 radical (unpaired) electrons. The molecule has 7 nitrogen and oxygen atoms in total. The van der Waals surface area contributed by atoms with Gasteiger partial charge in [0.15, 0.2) is 21.3 Å². The zero-order chi connectivity index (χ0) is 25.3. The highest BCUT2D eigenvalue weighted by molar-refractivity contribution is 7.92. The van der Waals surface area contributed by atoms with Crippen LogP contribution < -0.4 is 14.2 Å². The Morgan fingerprint density at radius 1 is 1.09 bits per heavy atom. The number of benzene rings is 2. The normalized spacial score (nSPS) is 15.0. The maximum absolute atomic E-state index is 13.5. The average molecular weight is 505 g/mol. The van der Waals surface area contributed by atoms with Gasteiger partial charge in [0.1, 0.15) is 5.75 Å². The first-order valence-electron chi connectivity index (χ1n) is 12.4. The average Bonchev–Trinajstić information content (AvgIpc) is 3.35. The smallest absolute Gasteiger partial charge is 0.304 e. The molecule has 0 amide bonds. The van der Waals surface area contributed by atoms with Crippen molar-refractivity contribution in [2.45, 2.75) is 81.0 Å². The molecule has 0 spiro atoms. The summed E-state index contributed by atoms with van der Waals surface area (Å²) in [5.74, 6) is 0.471. The molecule has 3 rings (SSSR count). The molecule has 1 saturated carbocycles. The molecule has 2 aromatic rings. The summed E-state index contributed by atoms with van der Waals surface area (Å²) in [4.78, 5) is 11.6. The van der Waals surface area contributed by atoms with Crippen LogP contribution in [0.15, 0.2) is 47.4 Å². The van der Waals surface area contributed by atoms with Crippen LogP contribution in [0.2, 0.25) is 0 Å². The zero-order valence-electron chi connectivity index (χ0n) is 20.6. The maximum Gasteiger partial charge on any atom is 0.304 e. The fourth-order valence-corrected chi connectivity index (χ4v) is 5.98. The first-order chi connectivity index (χ1) is 16.8. The largest absolute Gasteiger partial charge is 0.494 e. The lowest BCUT2D eigenvalue weighted by Crippen LogP contribution is -2.25. The van der Waals surface area contributed by atoms with Gasteiger partial charge in [-0.25, -0.2) is 8.42 Å². The second-order valence-corrected chi connectivity index (χ2v) is 11.2. The summed E-state index contributed by atoms with van der Waals surface area (Å²) in [7, 11) is -2.40. The van der Waals surface area contributed by atoms with Gasteiger partial charge in [-0.2, -0.15) is 0 Å². The van der Waals surface area contributed by atoms with Crippen LogP contribution in [0, 0.1) is 0 Å². The monoisotopic (exact) mass is 504 g/mol. The molecule has 192 valence electrons. The van der Waals surface area contributed by atoms with E-state index < -0.39 is 27.5 Å². The van der Waals surface area contributed by atoms with Gasteiger partial charge in [0.05, 0.1) is 36.4 Å². The standard InChI is InChI=1S/C27H36O7S/c1-3-4-17-33-21-12-9-20(10-13-21)11-14-24(19-27(28)29)35(30,31)23-15-16-25(32-2)26(18-23)34-22-7-5-6-8-22/h9-10,12-13,15-16,18,22,24H,3-8,11,14,17,19H2,1-2H3,(H,28,29). The highest BCUT2D eigenvalue weighted by Gasteiger charge is 2.31. The van der Waals surface area contributed by atoms with E-state index in [0.29, 0.717) is 24.5 Å². The number of ether oxygens (including phenoxy) is 3. The summed E-state index contributed by atoms with van der Waals surface area (Å²) in [6, 6.07) is 12.0. The number of aryl methyl sites for hydroxylation is 1. The van der Waals surface area contributed by atoms with Crippen LogP contribution in [0.1, 0.15) is 63.9 Å². The summed E-state index contributed by atoms with van der Waals surface area (Å²) in [6.45, 7) is 2.76. The molecule has 1 fully saturated rings. The number of carbonyl (C=O) groups is 1. The Hall–Kier alpha value is -2.74. The van der Waals surface area contributed by atoms with Crippen LogP contribution in [-0.4, -0.2) is 44.6 Å². The van der Waals surface area contributed by atoms with E-state index >= 15 is 0 Å².